The summed E-state index contributed by atoms with van der Waals surface area (Å²) >= 11 is 0. The highest BCUT2D eigenvalue weighted by Crippen LogP contribution is 2.32. The van der Waals surface area contributed by atoms with Crippen LogP contribution in [0.5, 0.6) is 0 Å². The average Bonchev–Trinajstić information content (AvgIpc) is 2.90. The van der Waals surface area contributed by atoms with Crippen LogP contribution in [0, 0.1) is 5.41 Å². The zero-order valence-corrected chi connectivity index (χ0v) is 13.0. The molecule has 0 aromatic carbocycles. The van der Waals surface area contributed by atoms with Crippen LogP contribution in [-0.2, 0) is 24.2 Å². The largest absolute Gasteiger partial charge is 0.316 e. The van der Waals surface area contributed by atoms with Crippen molar-refractivity contribution >= 4 is 5.78 Å². The molecule has 0 amide bonds. The molecule has 1 saturated heterocycles. The maximum Gasteiger partial charge on any atom is 0.146 e. The molecule has 0 bridgehead atoms. The van der Waals surface area contributed by atoms with Gasteiger partial charge in [0, 0.05) is 30.6 Å². The van der Waals surface area contributed by atoms with Gasteiger partial charge in [0.2, 0.25) is 0 Å². The first-order valence-corrected chi connectivity index (χ1v) is 7.94. The molecule has 1 N–H and O–H groups in total. The van der Waals surface area contributed by atoms with E-state index >= 15 is 0 Å². The molecule has 0 spiro atoms. The van der Waals surface area contributed by atoms with Crippen LogP contribution >= 0.6 is 0 Å². The minimum Gasteiger partial charge on any atom is -0.316 e. The molecule has 20 heavy (non-hydrogen) atoms. The SMILES string of the molecule is CCc1cc(CC(=O)C2(CC)CCCNC2)n(CC)n1. The summed E-state index contributed by atoms with van der Waals surface area (Å²) in [6.45, 7) is 9.04. The van der Waals surface area contributed by atoms with E-state index in [1.165, 1.54) is 0 Å². The molecule has 2 rings (SSSR count). The van der Waals surface area contributed by atoms with Crippen molar-refractivity contribution in [3.63, 3.8) is 0 Å². The van der Waals surface area contributed by atoms with Crippen molar-refractivity contribution in [3.8, 4) is 0 Å². The third kappa shape index (κ3) is 2.95. The topological polar surface area (TPSA) is 46.9 Å². The number of Topliss-reactive ketones (excluding diaryl/α,β-unsaturated/α-hetero) is 1. The lowest BCUT2D eigenvalue weighted by atomic mass is 9.73. The van der Waals surface area contributed by atoms with Gasteiger partial charge in [-0.15, -0.1) is 0 Å². The second-order valence-electron chi connectivity index (χ2n) is 5.81. The Hall–Kier alpha value is -1.16. The Morgan fingerprint density at radius 3 is 2.80 bits per heavy atom. The van der Waals surface area contributed by atoms with Gasteiger partial charge in [-0.2, -0.15) is 5.10 Å². The van der Waals surface area contributed by atoms with Gasteiger partial charge in [0.1, 0.15) is 5.78 Å². The molecule has 1 aliphatic heterocycles. The fourth-order valence-electron chi connectivity index (χ4n) is 3.16. The summed E-state index contributed by atoms with van der Waals surface area (Å²) in [7, 11) is 0. The van der Waals surface area contributed by atoms with Gasteiger partial charge in [0.15, 0.2) is 0 Å². The molecule has 1 atom stereocenters. The van der Waals surface area contributed by atoms with Gasteiger partial charge in [-0.3, -0.25) is 9.48 Å². The molecule has 1 unspecified atom stereocenters. The average molecular weight is 277 g/mol. The van der Waals surface area contributed by atoms with E-state index in [4.69, 9.17) is 0 Å². The van der Waals surface area contributed by atoms with E-state index in [9.17, 15) is 4.79 Å². The van der Waals surface area contributed by atoms with Gasteiger partial charge in [-0.1, -0.05) is 13.8 Å². The van der Waals surface area contributed by atoms with Crippen molar-refractivity contribution in [2.45, 2.75) is 59.4 Å². The molecule has 112 valence electrons. The van der Waals surface area contributed by atoms with Crippen LogP contribution in [0.1, 0.15) is 51.4 Å². The normalized spacial score (nSPS) is 22.9. The molecule has 0 aliphatic carbocycles. The smallest absolute Gasteiger partial charge is 0.146 e. The fraction of sp³-hybridized carbons (Fsp3) is 0.750. The van der Waals surface area contributed by atoms with Crippen molar-refractivity contribution < 1.29 is 4.79 Å². The number of ketones is 1. The van der Waals surface area contributed by atoms with E-state index in [1.807, 2.05) is 4.68 Å². The zero-order valence-electron chi connectivity index (χ0n) is 13.0. The standard InChI is InChI=1S/C16H27N3O/c1-4-13-10-14(19(6-3)18-13)11-15(20)16(5-2)8-7-9-17-12-16/h10,17H,4-9,11-12H2,1-3H3. The van der Waals surface area contributed by atoms with E-state index in [0.29, 0.717) is 12.2 Å². The summed E-state index contributed by atoms with van der Waals surface area (Å²) in [6, 6.07) is 2.10. The van der Waals surface area contributed by atoms with Gasteiger partial charge in [-0.05, 0) is 45.2 Å². The lowest BCUT2D eigenvalue weighted by Gasteiger charge is -2.35. The molecular formula is C16H27N3O. The van der Waals surface area contributed by atoms with Crippen molar-refractivity contribution in [1.29, 1.82) is 0 Å². The molecule has 0 saturated carbocycles. The Bertz CT molecular complexity index is 458. The predicted octanol–water partition coefficient (Wildman–Crippen LogP) is 2.36. The van der Waals surface area contributed by atoms with Gasteiger partial charge in [0.05, 0.1) is 5.69 Å². The number of aryl methyl sites for hydroxylation is 2. The molecule has 1 aromatic heterocycles. The lowest BCUT2D eigenvalue weighted by molar-refractivity contribution is -0.129. The van der Waals surface area contributed by atoms with Gasteiger partial charge < -0.3 is 5.32 Å². The molecular weight excluding hydrogens is 250 g/mol. The monoisotopic (exact) mass is 277 g/mol. The molecule has 4 nitrogen and oxygen atoms in total. The Balaban J connectivity index is 2.15. The number of piperidine rings is 1. The third-order valence-corrected chi connectivity index (χ3v) is 4.66. The molecule has 1 fully saturated rings. The summed E-state index contributed by atoms with van der Waals surface area (Å²) in [5, 5.41) is 7.94. The van der Waals surface area contributed by atoms with E-state index < -0.39 is 0 Å². The van der Waals surface area contributed by atoms with Crippen LogP contribution in [0.2, 0.25) is 0 Å². The first-order valence-electron chi connectivity index (χ1n) is 7.94. The lowest BCUT2D eigenvalue weighted by Crippen LogP contribution is -2.45. The number of nitrogens with one attached hydrogen (secondary N) is 1. The first kappa shape index (κ1) is 15.2. The van der Waals surface area contributed by atoms with Crippen molar-refractivity contribution in [2.75, 3.05) is 13.1 Å². The number of nitrogens with zero attached hydrogens (tertiary/aromatic N) is 2. The second kappa shape index (κ2) is 6.53. The maximum absolute atomic E-state index is 12.8. The number of aromatic nitrogens is 2. The molecule has 1 aromatic rings. The van der Waals surface area contributed by atoms with Crippen molar-refractivity contribution in [2.24, 2.45) is 5.41 Å². The quantitative estimate of drug-likeness (QED) is 0.868. The van der Waals surface area contributed by atoms with E-state index in [-0.39, 0.29) is 5.41 Å². The zero-order chi connectivity index (χ0) is 14.6. The van der Waals surface area contributed by atoms with Gasteiger partial charge in [-0.25, -0.2) is 0 Å². The van der Waals surface area contributed by atoms with Crippen LogP contribution in [0.3, 0.4) is 0 Å². The first-order chi connectivity index (χ1) is 9.65. The Labute approximate surface area is 121 Å². The van der Waals surface area contributed by atoms with Crippen LogP contribution in [0.25, 0.3) is 0 Å². The summed E-state index contributed by atoms with van der Waals surface area (Å²) in [4.78, 5) is 12.8. The minimum atomic E-state index is -0.159. The van der Waals surface area contributed by atoms with Crippen LogP contribution in [0.15, 0.2) is 6.07 Å². The molecule has 2 heterocycles. The summed E-state index contributed by atoms with van der Waals surface area (Å²) in [5.41, 5.74) is 2.00. The molecule has 1 aliphatic rings. The number of carbonyl (C=O) groups is 1. The number of rotatable bonds is 6. The van der Waals surface area contributed by atoms with Crippen LogP contribution in [-0.4, -0.2) is 28.7 Å². The molecule has 4 heteroatoms. The van der Waals surface area contributed by atoms with Crippen LogP contribution < -0.4 is 5.32 Å². The Morgan fingerprint density at radius 1 is 1.45 bits per heavy atom. The molecule has 0 radical (unpaired) electrons. The number of carbonyl (C=O) groups excluding carboxylic acids is 1. The second-order valence-corrected chi connectivity index (χ2v) is 5.81. The number of hydrogen-bond donors (Lipinski definition) is 1. The highest BCUT2D eigenvalue weighted by atomic mass is 16.1. The fourth-order valence-corrected chi connectivity index (χ4v) is 3.16. The van der Waals surface area contributed by atoms with Gasteiger partial charge >= 0.3 is 0 Å². The summed E-state index contributed by atoms with van der Waals surface area (Å²) in [5.74, 6) is 0.379. The van der Waals surface area contributed by atoms with Crippen LogP contribution in [0.4, 0.5) is 0 Å². The van der Waals surface area contributed by atoms with Gasteiger partial charge in [0.25, 0.3) is 0 Å². The third-order valence-electron chi connectivity index (χ3n) is 4.66. The highest BCUT2D eigenvalue weighted by Gasteiger charge is 2.37. The maximum atomic E-state index is 12.8. The number of hydrogen-bond acceptors (Lipinski definition) is 3. The van der Waals surface area contributed by atoms with E-state index in [2.05, 4.69) is 37.3 Å². The predicted molar refractivity (Wildman–Crippen MR) is 80.8 cm³/mol. The summed E-state index contributed by atoms with van der Waals surface area (Å²) in [6.07, 6.45) is 4.51. The van der Waals surface area contributed by atoms with Crippen molar-refractivity contribution in [3.05, 3.63) is 17.5 Å². The minimum absolute atomic E-state index is 0.159. The van der Waals surface area contributed by atoms with E-state index in [1.54, 1.807) is 0 Å². The van der Waals surface area contributed by atoms with E-state index in [0.717, 1.165) is 56.7 Å². The highest BCUT2D eigenvalue weighted by molar-refractivity contribution is 5.87. The van der Waals surface area contributed by atoms with Crippen molar-refractivity contribution in [1.82, 2.24) is 15.1 Å². The Kier molecular flexibility index (Phi) is 4.97. The Morgan fingerprint density at radius 2 is 2.25 bits per heavy atom. The summed E-state index contributed by atoms with van der Waals surface area (Å²) < 4.78 is 1.98.